The lowest BCUT2D eigenvalue weighted by Crippen LogP contribution is -2.35. The molecule has 1 aliphatic rings. The molecule has 1 aromatic carbocycles. The van der Waals surface area contributed by atoms with Gasteiger partial charge in [-0.3, -0.25) is 0 Å². The standard InChI is InChI=1S/C18H25N5O2/c1-14-19-20-21-23(14)9-3-8-22-10-6-15(7-11-22)12-16-4-2-5-17(13-16)18(24)25/h2,4-5,13,15H,3,6-12H2,1H3,(H,24,25). The van der Waals surface area contributed by atoms with Gasteiger partial charge in [0.15, 0.2) is 0 Å². The van der Waals surface area contributed by atoms with Gasteiger partial charge in [-0.2, -0.15) is 0 Å². The second-order valence-electron chi connectivity index (χ2n) is 6.80. The quantitative estimate of drug-likeness (QED) is 0.828. The number of carboxylic acids is 1. The summed E-state index contributed by atoms with van der Waals surface area (Å²) in [6.45, 7) is 6.07. The molecule has 1 aliphatic heterocycles. The predicted octanol–water partition coefficient (Wildman–Crippen LogP) is 2.02. The van der Waals surface area contributed by atoms with Crippen LogP contribution in [0.4, 0.5) is 0 Å². The fraction of sp³-hybridized carbons (Fsp3) is 0.556. The fourth-order valence-corrected chi connectivity index (χ4v) is 3.48. The van der Waals surface area contributed by atoms with E-state index in [2.05, 4.69) is 20.4 Å². The van der Waals surface area contributed by atoms with Gasteiger partial charge in [0.25, 0.3) is 0 Å². The van der Waals surface area contributed by atoms with Crippen molar-refractivity contribution in [1.29, 1.82) is 0 Å². The first-order valence-corrected chi connectivity index (χ1v) is 8.89. The maximum absolute atomic E-state index is 11.1. The molecule has 134 valence electrons. The molecule has 1 fully saturated rings. The summed E-state index contributed by atoms with van der Waals surface area (Å²) < 4.78 is 1.85. The smallest absolute Gasteiger partial charge is 0.335 e. The lowest BCUT2D eigenvalue weighted by Gasteiger charge is -2.32. The van der Waals surface area contributed by atoms with Gasteiger partial charge in [-0.15, -0.1) is 5.10 Å². The third-order valence-corrected chi connectivity index (χ3v) is 4.96. The maximum Gasteiger partial charge on any atom is 0.335 e. The van der Waals surface area contributed by atoms with Gasteiger partial charge >= 0.3 is 5.97 Å². The van der Waals surface area contributed by atoms with Gasteiger partial charge in [0.2, 0.25) is 0 Å². The second kappa shape index (κ2) is 8.20. The normalized spacial score (nSPS) is 16.2. The lowest BCUT2D eigenvalue weighted by molar-refractivity contribution is 0.0696. The zero-order valence-electron chi connectivity index (χ0n) is 14.6. The SMILES string of the molecule is Cc1nnnn1CCCN1CCC(Cc2cccc(C(=O)O)c2)CC1. The number of rotatable bonds is 7. The molecule has 0 aliphatic carbocycles. The average Bonchev–Trinajstić information content (AvgIpc) is 3.02. The summed E-state index contributed by atoms with van der Waals surface area (Å²) in [5.74, 6) is 0.652. The number of aromatic nitrogens is 4. The second-order valence-corrected chi connectivity index (χ2v) is 6.80. The molecule has 1 N–H and O–H groups in total. The number of aromatic carboxylic acids is 1. The van der Waals surface area contributed by atoms with Crippen molar-refractivity contribution >= 4 is 5.97 Å². The molecule has 0 spiro atoms. The van der Waals surface area contributed by atoms with Gasteiger partial charge in [0, 0.05) is 6.54 Å². The number of nitrogens with zero attached hydrogens (tertiary/aromatic N) is 5. The highest BCUT2D eigenvalue weighted by atomic mass is 16.4. The van der Waals surface area contributed by atoms with E-state index in [9.17, 15) is 4.79 Å². The Hall–Kier alpha value is -2.28. The number of benzene rings is 1. The Kier molecular flexibility index (Phi) is 5.75. The summed E-state index contributed by atoms with van der Waals surface area (Å²) in [6, 6.07) is 7.34. The molecule has 25 heavy (non-hydrogen) atoms. The molecule has 0 bridgehead atoms. The molecular weight excluding hydrogens is 318 g/mol. The summed E-state index contributed by atoms with van der Waals surface area (Å²) in [6.07, 6.45) is 4.36. The van der Waals surface area contributed by atoms with E-state index in [0.29, 0.717) is 11.5 Å². The van der Waals surface area contributed by atoms with E-state index < -0.39 is 5.97 Å². The average molecular weight is 343 g/mol. The first-order chi connectivity index (χ1) is 12.1. The Morgan fingerprint density at radius 1 is 1.28 bits per heavy atom. The number of carboxylic acid groups (broad SMARTS) is 1. The molecule has 7 heteroatoms. The minimum atomic E-state index is -0.852. The Morgan fingerprint density at radius 3 is 2.76 bits per heavy atom. The van der Waals surface area contributed by atoms with Crippen molar-refractivity contribution in [3.05, 3.63) is 41.2 Å². The third kappa shape index (κ3) is 4.85. The van der Waals surface area contributed by atoms with Crippen LogP contribution in [0.5, 0.6) is 0 Å². The molecule has 0 unspecified atom stereocenters. The van der Waals surface area contributed by atoms with Crippen LogP contribution in [0.3, 0.4) is 0 Å². The molecule has 2 aromatic rings. The van der Waals surface area contributed by atoms with E-state index in [0.717, 1.165) is 50.4 Å². The summed E-state index contributed by atoms with van der Waals surface area (Å²) in [5, 5.41) is 20.6. The Balaban J connectivity index is 1.40. The number of hydrogen-bond acceptors (Lipinski definition) is 5. The highest BCUT2D eigenvalue weighted by Gasteiger charge is 2.19. The number of piperidine rings is 1. The first-order valence-electron chi connectivity index (χ1n) is 8.89. The number of hydrogen-bond donors (Lipinski definition) is 1. The van der Waals surface area contributed by atoms with Crippen LogP contribution in [-0.4, -0.2) is 55.8 Å². The summed E-state index contributed by atoms with van der Waals surface area (Å²) in [4.78, 5) is 13.6. The molecule has 0 saturated carbocycles. The zero-order chi connectivity index (χ0) is 17.6. The maximum atomic E-state index is 11.1. The van der Waals surface area contributed by atoms with Crippen LogP contribution in [0, 0.1) is 12.8 Å². The highest BCUT2D eigenvalue weighted by Crippen LogP contribution is 2.22. The van der Waals surface area contributed by atoms with E-state index in [-0.39, 0.29) is 0 Å². The van der Waals surface area contributed by atoms with Crippen LogP contribution < -0.4 is 0 Å². The Bertz CT molecular complexity index is 707. The van der Waals surface area contributed by atoms with Crippen LogP contribution in [0.15, 0.2) is 24.3 Å². The molecule has 7 nitrogen and oxygen atoms in total. The van der Waals surface area contributed by atoms with Gasteiger partial charge in [-0.05, 0) is 86.3 Å². The van der Waals surface area contributed by atoms with Crippen molar-refractivity contribution in [1.82, 2.24) is 25.1 Å². The molecule has 0 amide bonds. The van der Waals surface area contributed by atoms with E-state index in [1.807, 2.05) is 29.8 Å². The van der Waals surface area contributed by atoms with Crippen molar-refractivity contribution in [2.45, 2.75) is 39.2 Å². The van der Waals surface area contributed by atoms with Crippen LogP contribution in [0.1, 0.15) is 41.0 Å². The van der Waals surface area contributed by atoms with Crippen LogP contribution >= 0.6 is 0 Å². The van der Waals surface area contributed by atoms with E-state index in [1.54, 1.807) is 6.07 Å². The summed E-state index contributed by atoms with van der Waals surface area (Å²) in [7, 11) is 0. The van der Waals surface area contributed by atoms with Gasteiger partial charge in [-0.1, -0.05) is 12.1 Å². The molecule has 0 atom stereocenters. The van der Waals surface area contributed by atoms with Crippen molar-refractivity contribution < 1.29 is 9.90 Å². The Morgan fingerprint density at radius 2 is 2.08 bits per heavy atom. The van der Waals surface area contributed by atoms with Gasteiger partial charge in [0.1, 0.15) is 5.82 Å². The first kappa shape index (κ1) is 17.5. The van der Waals surface area contributed by atoms with Crippen molar-refractivity contribution in [2.24, 2.45) is 5.92 Å². The molecular formula is C18H25N5O2. The summed E-state index contributed by atoms with van der Waals surface area (Å²) in [5.41, 5.74) is 1.51. The molecule has 1 saturated heterocycles. The van der Waals surface area contributed by atoms with Gasteiger partial charge < -0.3 is 10.0 Å². The molecule has 2 heterocycles. The number of aryl methyl sites for hydroxylation is 2. The largest absolute Gasteiger partial charge is 0.478 e. The molecule has 1 aromatic heterocycles. The predicted molar refractivity (Wildman–Crippen MR) is 93.4 cm³/mol. The third-order valence-electron chi connectivity index (χ3n) is 4.96. The van der Waals surface area contributed by atoms with Gasteiger partial charge in [-0.25, -0.2) is 9.48 Å². The minimum Gasteiger partial charge on any atom is -0.478 e. The van der Waals surface area contributed by atoms with Crippen molar-refractivity contribution in [3.8, 4) is 0 Å². The van der Waals surface area contributed by atoms with Crippen LogP contribution in [0.25, 0.3) is 0 Å². The summed E-state index contributed by atoms with van der Waals surface area (Å²) >= 11 is 0. The molecule has 3 rings (SSSR count). The van der Waals surface area contributed by atoms with Crippen LogP contribution in [-0.2, 0) is 13.0 Å². The molecule has 0 radical (unpaired) electrons. The lowest BCUT2D eigenvalue weighted by atomic mass is 9.89. The van der Waals surface area contributed by atoms with E-state index in [4.69, 9.17) is 5.11 Å². The van der Waals surface area contributed by atoms with E-state index >= 15 is 0 Å². The monoisotopic (exact) mass is 343 g/mol. The zero-order valence-corrected chi connectivity index (χ0v) is 14.6. The number of tetrazole rings is 1. The van der Waals surface area contributed by atoms with Crippen molar-refractivity contribution in [3.63, 3.8) is 0 Å². The number of likely N-dealkylation sites (tertiary alicyclic amines) is 1. The van der Waals surface area contributed by atoms with Crippen LogP contribution in [0.2, 0.25) is 0 Å². The Labute approximate surface area is 147 Å². The van der Waals surface area contributed by atoms with Crippen molar-refractivity contribution in [2.75, 3.05) is 19.6 Å². The van der Waals surface area contributed by atoms with Gasteiger partial charge in [0.05, 0.1) is 5.56 Å². The topological polar surface area (TPSA) is 84.1 Å². The highest BCUT2D eigenvalue weighted by molar-refractivity contribution is 5.87. The number of carbonyl (C=O) groups is 1. The van der Waals surface area contributed by atoms with E-state index in [1.165, 1.54) is 12.8 Å². The minimum absolute atomic E-state index is 0.382. The fourth-order valence-electron chi connectivity index (χ4n) is 3.48.